The highest BCUT2D eigenvalue weighted by Gasteiger charge is 2.46. The standard InChI is InChI=1S/C17H22Cl2N2O/c1-11-10-20-8-5-15(11)21-16(22)17(6-2-7-17)12-3-4-13(18)14(19)9-12/h3-4,9,11,15,20H,2,5-8,10H2,1H3,(H,21,22). The second kappa shape index (κ2) is 6.38. The number of piperidine rings is 1. The van der Waals surface area contributed by atoms with E-state index in [2.05, 4.69) is 17.6 Å². The van der Waals surface area contributed by atoms with Crippen LogP contribution in [0.2, 0.25) is 10.0 Å². The van der Waals surface area contributed by atoms with Crippen LogP contribution in [-0.2, 0) is 10.2 Å². The fraction of sp³-hybridized carbons (Fsp3) is 0.588. The Morgan fingerprint density at radius 3 is 2.68 bits per heavy atom. The molecule has 3 nitrogen and oxygen atoms in total. The van der Waals surface area contributed by atoms with E-state index in [1.165, 1.54) is 0 Å². The predicted molar refractivity (Wildman–Crippen MR) is 90.6 cm³/mol. The molecule has 0 bridgehead atoms. The summed E-state index contributed by atoms with van der Waals surface area (Å²) in [6.45, 7) is 4.11. The van der Waals surface area contributed by atoms with E-state index in [-0.39, 0.29) is 11.9 Å². The number of carbonyl (C=O) groups excluding carboxylic acids is 1. The van der Waals surface area contributed by atoms with Gasteiger partial charge in [0, 0.05) is 6.04 Å². The normalized spacial score (nSPS) is 27.0. The highest BCUT2D eigenvalue weighted by atomic mass is 35.5. The number of rotatable bonds is 3. The molecule has 0 aromatic heterocycles. The minimum atomic E-state index is -0.418. The second-order valence-electron chi connectivity index (χ2n) is 6.61. The first kappa shape index (κ1) is 16.1. The fourth-order valence-electron chi connectivity index (χ4n) is 3.51. The van der Waals surface area contributed by atoms with E-state index in [0.717, 1.165) is 44.3 Å². The number of carbonyl (C=O) groups is 1. The Bertz CT molecular complexity index is 572. The minimum Gasteiger partial charge on any atom is -0.352 e. The molecule has 1 saturated heterocycles. The number of amides is 1. The van der Waals surface area contributed by atoms with Crippen LogP contribution in [-0.4, -0.2) is 25.0 Å². The lowest BCUT2D eigenvalue weighted by Crippen LogP contribution is -2.56. The van der Waals surface area contributed by atoms with Gasteiger partial charge >= 0.3 is 0 Å². The van der Waals surface area contributed by atoms with E-state index < -0.39 is 5.41 Å². The van der Waals surface area contributed by atoms with Crippen LogP contribution in [0.15, 0.2) is 18.2 Å². The van der Waals surface area contributed by atoms with Crippen molar-refractivity contribution in [2.75, 3.05) is 13.1 Å². The van der Waals surface area contributed by atoms with Gasteiger partial charge in [0.05, 0.1) is 15.5 Å². The topological polar surface area (TPSA) is 41.1 Å². The van der Waals surface area contributed by atoms with Crippen LogP contribution in [0, 0.1) is 5.92 Å². The first-order chi connectivity index (χ1) is 10.5. The molecule has 1 aliphatic carbocycles. The highest BCUT2D eigenvalue weighted by molar-refractivity contribution is 6.42. The van der Waals surface area contributed by atoms with Crippen LogP contribution in [0.3, 0.4) is 0 Å². The predicted octanol–water partition coefficient (Wildman–Crippen LogP) is 3.53. The summed E-state index contributed by atoms with van der Waals surface area (Å²) in [4.78, 5) is 13.0. The van der Waals surface area contributed by atoms with E-state index in [4.69, 9.17) is 23.2 Å². The molecule has 3 rings (SSSR count). The van der Waals surface area contributed by atoms with Gasteiger partial charge in [0.2, 0.25) is 5.91 Å². The van der Waals surface area contributed by atoms with Gasteiger partial charge in [-0.05, 0) is 56.0 Å². The summed E-state index contributed by atoms with van der Waals surface area (Å²) < 4.78 is 0. The summed E-state index contributed by atoms with van der Waals surface area (Å²) in [7, 11) is 0. The molecule has 120 valence electrons. The summed E-state index contributed by atoms with van der Waals surface area (Å²) >= 11 is 12.2. The summed E-state index contributed by atoms with van der Waals surface area (Å²) in [6, 6.07) is 5.85. The third kappa shape index (κ3) is 2.86. The van der Waals surface area contributed by atoms with Gasteiger partial charge in [0.1, 0.15) is 0 Å². The average Bonchev–Trinajstić information content (AvgIpc) is 2.44. The van der Waals surface area contributed by atoms with Crippen molar-refractivity contribution in [1.29, 1.82) is 0 Å². The molecule has 1 saturated carbocycles. The van der Waals surface area contributed by atoms with Crippen LogP contribution in [0.4, 0.5) is 0 Å². The first-order valence-electron chi connectivity index (χ1n) is 8.00. The number of hydrogen-bond acceptors (Lipinski definition) is 2. The molecule has 1 aliphatic heterocycles. The van der Waals surface area contributed by atoms with E-state index in [9.17, 15) is 4.79 Å². The zero-order valence-corrected chi connectivity index (χ0v) is 14.3. The van der Waals surface area contributed by atoms with E-state index in [1.54, 1.807) is 6.07 Å². The van der Waals surface area contributed by atoms with Gasteiger partial charge in [0.25, 0.3) is 0 Å². The van der Waals surface area contributed by atoms with E-state index >= 15 is 0 Å². The molecular formula is C17H22Cl2N2O. The fourth-order valence-corrected chi connectivity index (χ4v) is 3.80. The first-order valence-corrected chi connectivity index (χ1v) is 8.76. The molecule has 2 unspecified atom stereocenters. The van der Waals surface area contributed by atoms with Gasteiger partial charge in [-0.3, -0.25) is 4.79 Å². The molecule has 2 atom stereocenters. The SMILES string of the molecule is CC1CNCCC1NC(=O)C1(c2ccc(Cl)c(Cl)c2)CCC1. The van der Waals surface area contributed by atoms with Crippen molar-refractivity contribution in [2.45, 2.75) is 44.1 Å². The third-order valence-corrected chi connectivity index (χ3v) is 5.95. The largest absolute Gasteiger partial charge is 0.352 e. The molecule has 0 radical (unpaired) electrons. The molecule has 0 spiro atoms. The molecule has 2 N–H and O–H groups in total. The second-order valence-corrected chi connectivity index (χ2v) is 7.43. The van der Waals surface area contributed by atoms with Crippen molar-refractivity contribution in [2.24, 2.45) is 5.92 Å². The Hall–Kier alpha value is -0.770. The summed E-state index contributed by atoms with van der Waals surface area (Å²) in [5.74, 6) is 0.611. The van der Waals surface area contributed by atoms with Gasteiger partial charge in [0.15, 0.2) is 0 Å². The van der Waals surface area contributed by atoms with E-state index in [0.29, 0.717) is 16.0 Å². The van der Waals surface area contributed by atoms with Crippen molar-refractivity contribution in [3.05, 3.63) is 33.8 Å². The molecule has 1 aromatic carbocycles. The number of benzene rings is 1. The van der Waals surface area contributed by atoms with Crippen molar-refractivity contribution in [3.63, 3.8) is 0 Å². The molecule has 1 heterocycles. The lowest BCUT2D eigenvalue weighted by molar-refractivity contribution is -0.131. The maximum atomic E-state index is 13.0. The van der Waals surface area contributed by atoms with Gasteiger partial charge < -0.3 is 10.6 Å². The van der Waals surface area contributed by atoms with Crippen molar-refractivity contribution < 1.29 is 4.79 Å². The molecule has 1 aromatic rings. The quantitative estimate of drug-likeness (QED) is 0.883. The van der Waals surface area contributed by atoms with Gasteiger partial charge in [-0.25, -0.2) is 0 Å². The van der Waals surface area contributed by atoms with Crippen LogP contribution >= 0.6 is 23.2 Å². The molecular weight excluding hydrogens is 319 g/mol. The Labute approximate surface area is 141 Å². The molecule has 22 heavy (non-hydrogen) atoms. The molecule has 2 aliphatic rings. The Kier molecular flexibility index (Phi) is 4.67. The smallest absolute Gasteiger partial charge is 0.230 e. The van der Waals surface area contributed by atoms with Crippen LogP contribution < -0.4 is 10.6 Å². The summed E-state index contributed by atoms with van der Waals surface area (Å²) in [6.07, 6.45) is 3.84. The van der Waals surface area contributed by atoms with Crippen molar-refractivity contribution in [3.8, 4) is 0 Å². The average molecular weight is 341 g/mol. The molecule has 2 fully saturated rings. The van der Waals surface area contributed by atoms with Crippen LogP contribution in [0.25, 0.3) is 0 Å². The Morgan fingerprint density at radius 1 is 1.32 bits per heavy atom. The molecule has 1 amide bonds. The van der Waals surface area contributed by atoms with Gasteiger partial charge in [-0.1, -0.05) is 42.6 Å². The highest BCUT2D eigenvalue weighted by Crippen LogP contribution is 2.45. The minimum absolute atomic E-state index is 0.149. The maximum Gasteiger partial charge on any atom is 0.230 e. The number of nitrogens with one attached hydrogen (secondary N) is 2. The molecule has 5 heteroatoms. The Morgan fingerprint density at radius 2 is 2.09 bits per heavy atom. The Balaban J connectivity index is 1.80. The zero-order valence-electron chi connectivity index (χ0n) is 12.8. The van der Waals surface area contributed by atoms with Gasteiger partial charge in [-0.15, -0.1) is 0 Å². The van der Waals surface area contributed by atoms with Gasteiger partial charge in [-0.2, -0.15) is 0 Å². The number of hydrogen-bond donors (Lipinski definition) is 2. The maximum absolute atomic E-state index is 13.0. The van der Waals surface area contributed by atoms with E-state index in [1.807, 2.05) is 12.1 Å². The van der Waals surface area contributed by atoms with Crippen molar-refractivity contribution in [1.82, 2.24) is 10.6 Å². The third-order valence-electron chi connectivity index (χ3n) is 5.22. The number of halogens is 2. The van der Waals surface area contributed by atoms with Crippen molar-refractivity contribution >= 4 is 29.1 Å². The lowest BCUT2D eigenvalue weighted by atomic mass is 9.63. The van der Waals surface area contributed by atoms with Crippen LogP contribution in [0.1, 0.15) is 38.2 Å². The monoisotopic (exact) mass is 340 g/mol. The zero-order chi connectivity index (χ0) is 15.7. The lowest BCUT2D eigenvalue weighted by Gasteiger charge is -2.43. The van der Waals surface area contributed by atoms with Crippen LogP contribution in [0.5, 0.6) is 0 Å². The summed E-state index contributed by atoms with van der Waals surface area (Å²) in [5.41, 5.74) is 0.575. The summed E-state index contributed by atoms with van der Waals surface area (Å²) in [5, 5.41) is 7.71.